The number of piperazine rings is 1. The van der Waals surface area contributed by atoms with Crippen LogP contribution in [0.2, 0.25) is 39.3 Å². The van der Waals surface area contributed by atoms with E-state index in [9.17, 15) is 28.8 Å². The Hall–Kier alpha value is -6.29. The number of amides is 2. The van der Waals surface area contributed by atoms with Crippen LogP contribution in [-0.4, -0.2) is 95.7 Å². The van der Waals surface area contributed by atoms with Gasteiger partial charge in [-0.1, -0.05) is 205 Å². The number of likely N-dealkylation sites (N-methyl/N-ethyl adjacent to an activating group) is 2. The zero-order chi connectivity index (χ0) is 76.3. The van der Waals surface area contributed by atoms with Crippen LogP contribution < -0.4 is 27.9 Å². The van der Waals surface area contributed by atoms with Crippen LogP contribution in [0.1, 0.15) is 260 Å². The van der Waals surface area contributed by atoms with Crippen LogP contribution in [0.4, 0.5) is 0 Å². The van der Waals surface area contributed by atoms with Crippen molar-refractivity contribution >= 4 is 170 Å². The number of thiophene rings is 4. The molecule has 1 radical (unpaired) electrons. The molecule has 0 saturated carbocycles. The second-order valence-corrected chi connectivity index (χ2v) is 43.9. The Kier molecular flexibility index (Phi) is 46.8. The van der Waals surface area contributed by atoms with E-state index in [0.717, 1.165) is 82.3 Å². The Bertz CT molecular complexity index is 4650. The van der Waals surface area contributed by atoms with E-state index in [0.29, 0.717) is 40.9 Å². The molecule has 1 saturated heterocycles. The molecule has 104 heavy (non-hydrogen) atoms. The molecule has 0 bridgehead atoms. The molecule has 0 aromatic carbocycles. The van der Waals surface area contributed by atoms with Gasteiger partial charge in [0.15, 0.2) is 0 Å². The van der Waals surface area contributed by atoms with Crippen molar-refractivity contribution in [2.45, 2.75) is 214 Å². The molecule has 3 aliphatic rings. The van der Waals surface area contributed by atoms with Gasteiger partial charge in [-0.25, -0.2) is 0 Å². The van der Waals surface area contributed by atoms with E-state index in [-0.39, 0.29) is 64.7 Å². The van der Waals surface area contributed by atoms with Crippen molar-refractivity contribution in [1.29, 1.82) is 0 Å². The van der Waals surface area contributed by atoms with E-state index in [1.165, 1.54) is 157 Å². The summed E-state index contributed by atoms with van der Waals surface area (Å²) in [6.07, 6.45) is 32.7. The fourth-order valence-corrected chi connectivity index (χ4v) is 22.2. The Morgan fingerprint density at radius 2 is 0.750 bits per heavy atom. The third-order valence-electron chi connectivity index (χ3n) is 16.1. The van der Waals surface area contributed by atoms with Gasteiger partial charge in [0.2, 0.25) is 23.1 Å². The summed E-state index contributed by atoms with van der Waals surface area (Å²) in [7, 11) is 3.97. The standard InChI is InChI=1S/C40H46O2S2Si2.C34H28Br2O2S2.C6H10N2O2.C4H9.BHNS.Li.24H2/c1-9-11-13-15-17-19-21-23-25-27-29-31-33-35(41)36(42)34-32(30-28-26-24-22-20-18-16-14-12-10-2)40(46(6,7)8)44-38(34)37(33)43-39(31)45(3,4)5;1-3-5-7-9-11-13-15-17-19-21-23-25-27-29(37)30(38)28-26(34(36)40-32(28)31(27)39-33(25)35)24-22-20-18-16-14-12-10-8-6-4-2;1-7-3-4-8(2)6(10)5(7)9;1-3-4-2;1-2-3;;;;;;;;;;;;;;;;;;;;;;;;;/h29H,1,10,12,14,16,18,20,22,24,26,28,30H2,2-8H3;23H,1,4,6,8,10,12,14,16,18,20,22,24H2,2H3;3-4H2,1-2H3;1,3-4H2,2H3;3H;;24*1H/q;;;-1;;+1;;;;;;;;;;;;;;;;;;;;;;;;. The number of hydrogen-bond donors (Lipinski definition) is 1. The molecule has 5 heterocycles. The average Bonchev–Trinajstić information content (AvgIpc) is 1.56. The Balaban J connectivity index is -0.0000000594. The first-order chi connectivity index (χ1) is 49.4. The summed E-state index contributed by atoms with van der Waals surface area (Å²) < 4.78 is 6.96. The Morgan fingerprint density at radius 3 is 1.13 bits per heavy atom. The van der Waals surface area contributed by atoms with Gasteiger partial charge in [0, 0.05) is 83.7 Å². The van der Waals surface area contributed by atoms with E-state index in [1.54, 1.807) is 48.9 Å². The first-order valence-electron chi connectivity index (χ1n) is 35.1. The second kappa shape index (κ2) is 51.8. The molecule has 7 rings (SSSR count). The predicted octanol–water partition coefficient (Wildman–Crippen LogP) is 25.3. The summed E-state index contributed by atoms with van der Waals surface area (Å²) in [5.41, 5.74) is 58.1. The summed E-state index contributed by atoms with van der Waals surface area (Å²) >= 11 is 16.9. The molecule has 0 unspecified atom stereocenters. The molecule has 0 spiro atoms. The number of ketones is 4. The molecule has 1 fully saturated rings. The number of nitrogens with zero attached hydrogens (tertiary/aromatic N) is 3. The summed E-state index contributed by atoms with van der Waals surface area (Å²) in [5, 5.41) is 0. The van der Waals surface area contributed by atoms with Crippen LogP contribution in [0.3, 0.4) is 0 Å². The SMILES string of the molecule is C=C=C=C=C=C=C=C=C=C=C=Cc1c(Br)sc2c1C(=O)C(=O)c1c-2sc(Br)c1CCCCCCCCCCCC.C=C=C=C=C=C=C=C=C=C=C=Cc1c([Si](C)(C)C)sc2c1C(=O)C(=O)c1c-2sc([Si](C)(C)C)c1CCCCCCCCCCCC.CN1CCN(C)C(=O)C1=O.[B]=NS.[CH2-]CCC.[HH].[HH].[HH].[HH].[HH].[HH].[HH].[HH].[HH].[HH].[HH].[HH].[HH].[HH].[HH].[HH].[HH].[HH].[HH].[HH].[HH].[HH].[HH].[HH].[Li+]. The van der Waals surface area contributed by atoms with Gasteiger partial charge in [-0.2, -0.15) is 6.42 Å². The fraction of sp³-hybridized carbons (Fsp3) is 0.440. The number of fused-ring (bicyclic) bond motifs is 6. The second-order valence-electron chi connectivity index (χ2n) is 26.2. The minimum atomic E-state index is -1.87. The van der Waals surface area contributed by atoms with Gasteiger partial charge in [-0.05, 0) is 195 Å². The third kappa shape index (κ3) is 30.5. The molecule has 9 nitrogen and oxygen atoms in total. The van der Waals surface area contributed by atoms with Gasteiger partial charge in [0.1, 0.15) is 0 Å². The Labute approximate surface area is 708 Å². The van der Waals surface area contributed by atoms with Gasteiger partial charge >= 0.3 is 55.4 Å². The molecule has 4 aromatic rings. The summed E-state index contributed by atoms with van der Waals surface area (Å²) in [6, 6.07) is 0. The average molecular weight is 1680 g/mol. The number of rotatable bonds is 27. The quantitative estimate of drug-likeness (QED) is 0.0159. The third-order valence-corrected chi connectivity index (χ3v) is 30.0. The number of carbonyl (C=O) groups excluding carboxylic acids is 6. The number of thiol groups is 1. The maximum Gasteiger partial charge on any atom is 1.00 e. The molecular formula is C84H142BBr2LiN3O6S5Si2. The molecule has 1 aliphatic heterocycles. The van der Waals surface area contributed by atoms with Gasteiger partial charge in [0.25, 0.3) is 0 Å². The van der Waals surface area contributed by atoms with Gasteiger partial charge < -0.3 is 16.7 Å². The summed E-state index contributed by atoms with van der Waals surface area (Å²) in [5.74, 6) is -2.45. The summed E-state index contributed by atoms with van der Waals surface area (Å²) in [6.45, 7) is 32.1. The molecule has 20 heteroatoms. The molecule has 0 N–H and O–H groups in total. The zero-order valence-electron chi connectivity index (χ0n) is 62.9. The normalized spacial score (nSPS) is 11.6. The smallest absolute Gasteiger partial charge is 0.343 e. The Morgan fingerprint density at radius 1 is 0.462 bits per heavy atom. The van der Waals surface area contributed by atoms with Crippen LogP contribution in [-0.2, 0) is 22.4 Å². The van der Waals surface area contributed by atoms with E-state index in [4.69, 9.17) is 0 Å². The van der Waals surface area contributed by atoms with Crippen LogP contribution in [0, 0.1) is 6.92 Å². The van der Waals surface area contributed by atoms with Crippen molar-refractivity contribution < 1.29 is 81.9 Å². The maximum atomic E-state index is 14.0. The zero-order valence-corrected chi connectivity index (χ0v) is 72.2. The van der Waals surface area contributed by atoms with Gasteiger partial charge in [0.05, 0.1) is 54.4 Å². The van der Waals surface area contributed by atoms with E-state index < -0.39 is 39.5 Å². The van der Waals surface area contributed by atoms with E-state index in [2.05, 4.69) is 251 Å². The molecule has 2 aliphatic carbocycles. The number of hydrogen-bond acceptors (Lipinski definition) is 12. The van der Waals surface area contributed by atoms with Crippen molar-refractivity contribution in [3.8, 4) is 19.5 Å². The summed E-state index contributed by atoms with van der Waals surface area (Å²) in [4.78, 5) is 82.7. The van der Waals surface area contributed by atoms with E-state index in [1.807, 2.05) is 0 Å². The van der Waals surface area contributed by atoms with Crippen molar-refractivity contribution in [3.05, 3.63) is 187 Å². The number of halogens is 2. The molecule has 4 aromatic heterocycles. The monoisotopic (exact) mass is 1680 g/mol. The van der Waals surface area contributed by atoms with Crippen molar-refractivity contribution in [2.24, 2.45) is 4.30 Å². The minimum absolute atomic E-state index is 0. The molecule has 0 atom stereocenters. The number of carbonyl (C=O) groups is 6. The largest absolute Gasteiger partial charge is 1.00 e. The first-order valence-corrected chi connectivity index (χ1v) is 47.4. The van der Waals surface area contributed by atoms with Crippen LogP contribution >= 0.6 is 90.0 Å². The molecular weight excluding hydrogens is 1540 g/mol. The fourth-order valence-electron chi connectivity index (χ4n) is 10.8. The van der Waals surface area contributed by atoms with Gasteiger partial charge in [-0.15, -0.1) is 45.3 Å². The maximum absolute atomic E-state index is 14.0. The molecule has 2 amide bonds. The van der Waals surface area contributed by atoms with Crippen LogP contribution in [0.15, 0.2) is 140 Å². The predicted molar refractivity (Wildman–Crippen MR) is 499 cm³/mol. The van der Waals surface area contributed by atoms with E-state index >= 15 is 0 Å². The van der Waals surface area contributed by atoms with Crippen molar-refractivity contribution in [2.75, 3.05) is 27.2 Å². The van der Waals surface area contributed by atoms with Gasteiger partial charge in [-0.3, -0.25) is 28.8 Å². The topological polar surface area (TPSA) is 121 Å². The van der Waals surface area contributed by atoms with Crippen molar-refractivity contribution in [3.63, 3.8) is 0 Å². The number of unbranched alkanes of at least 4 members (excludes halogenated alkanes) is 19. The van der Waals surface area contributed by atoms with Crippen LogP contribution in [0.5, 0.6) is 0 Å². The first kappa shape index (κ1) is 93.8. The van der Waals surface area contributed by atoms with Crippen molar-refractivity contribution in [1.82, 2.24) is 9.80 Å². The molecule has 585 valence electrons. The number of Topliss-reactive ketones (excluding diaryl/α,β-unsaturated/α-hetero) is 4. The minimum Gasteiger partial charge on any atom is -0.343 e. The van der Waals surface area contributed by atoms with Crippen LogP contribution in [0.25, 0.3) is 31.7 Å².